The fraction of sp³-hybridized carbons (Fsp3) is 0.385. The Balaban J connectivity index is 2.89. The number of rotatable bonds is 8. The fourth-order valence-electron chi connectivity index (χ4n) is 1.59. The predicted molar refractivity (Wildman–Crippen MR) is 84.1 cm³/mol. The van der Waals surface area contributed by atoms with Gasteiger partial charge in [-0.1, -0.05) is 0 Å². The maximum atomic E-state index is 12.3. The number of carbonyl (C=O) groups is 1. The zero-order valence-electron chi connectivity index (χ0n) is 12.2. The topological polar surface area (TPSA) is 108 Å². The van der Waals surface area contributed by atoms with Gasteiger partial charge < -0.3 is 10.1 Å². The maximum Gasteiger partial charge on any atom is 0.241 e. The molecule has 2 N–H and O–H groups in total. The molecule has 1 rings (SSSR count). The van der Waals surface area contributed by atoms with Crippen molar-refractivity contribution in [2.75, 3.05) is 25.7 Å². The van der Waals surface area contributed by atoms with Crippen LogP contribution in [0.3, 0.4) is 0 Å². The van der Waals surface area contributed by atoms with Gasteiger partial charge >= 0.3 is 0 Å². The Kier molecular flexibility index (Phi) is 7.17. The van der Waals surface area contributed by atoms with Crippen molar-refractivity contribution in [3.63, 3.8) is 0 Å². The number of benzene rings is 1. The largest absolute Gasteiger partial charge is 0.497 e. The average Bonchev–Trinajstić information content (AvgIpc) is 2.52. The third kappa shape index (κ3) is 5.22. The lowest BCUT2D eigenvalue weighted by Crippen LogP contribution is -2.48. The Bertz CT molecular complexity index is 638. The third-order valence-corrected chi connectivity index (χ3v) is 4.81. The van der Waals surface area contributed by atoms with Crippen LogP contribution in [0.1, 0.15) is 0 Å². The third-order valence-electron chi connectivity index (χ3n) is 2.66. The number of hydrogen-bond acceptors (Lipinski definition) is 6. The highest BCUT2D eigenvalue weighted by Crippen LogP contribution is 2.16. The number of carbonyl (C=O) groups excluding carboxylic acids is 1. The number of amides is 1. The first kappa shape index (κ1) is 18.3. The number of sulfonamides is 1. The van der Waals surface area contributed by atoms with Crippen molar-refractivity contribution in [2.24, 2.45) is 0 Å². The minimum atomic E-state index is -3.84. The predicted octanol–water partition coefficient (Wildman–Crippen LogP) is 0.345. The van der Waals surface area contributed by atoms with Gasteiger partial charge in [0.1, 0.15) is 18.3 Å². The Hall–Kier alpha value is -1.76. The van der Waals surface area contributed by atoms with E-state index >= 15 is 0 Å². The quantitative estimate of drug-likeness (QED) is 0.659. The molecule has 0 saturated carbocycles. The first-order valence-corrected chi connectivity index (χ1v) is 9.12. The van der Waals surface area contributed by atoms with Crippen molar-refractivity contribution in [2.45, 2.75) is 10.9 Å². The van der Waals surface area contributed by atoms with Gasteiger partial charge in [0.25, 0.3) is 0 Å². The van der Waals surface area contributed by atoms with E-state index < -0.39 is 22.0 Å². The molecule has 0 fully saturated rings. The number of methoxy groups -OCH3 is 1. The second-order valence-corrected chi connectivity index (χ2v) is 6.81. The van der Waals surface area contributed by atoms with Gasteiger partial charge in [-0.25, -0.2) is 8.42 Å². The summed E-state index contributed by atoms with van der Waals surface area (Å²) in [6.45, 7) is -0.173. The molecule has 0 heterocycles. The van der Waals surface area contributed by atoms with Crippen LogP contribution in [0.4, 0.5) is 0 Å². The molecule has 1 atom stereocenters. The summed E-state index contributed by atoms with van der Waals surface area (Å²) in [6, 6.07) is 6.65. The zero-order chi connectivity index (χ0) is 16.6. The van der Waals surface area contributed by atoms with Crippen molar-refractivity contribution < 1.29 is 17.9 Å². The van der Waals surface area contributed by atoms with E-state index in [1.165, 1.54) is 43.1 Å². The summed E-state index contributed by atoms with van der Waals surface area (Å²) < 4.78 is 31.9. The molecule has 0 saturated heterocycles. The van der Waals surface area contributed by atoms with Crippen molar-refractivity contribution in [3.8, 4) is 11.8 Å². The molecule has 0 aliphatic rings. The standard InChI is InChI=1S/C13H17N3O4S2/c1-20-10-3-5-11(6-4-10)22(18,19)16-12(9-21-2)13(17)15-8-7-14/h3-6,12,16H,8-9H2,1-2H3,(H,15,17). The van der Waals surface area contributed by atoms with Gasteiger partial charge in [-0.05, 0) is 30.5 Å². The molecule has 1 aromatic carbocycles. The Morgan fingerprint density at radius 1 is 1.41 bits per heavy atom. The number of nitriles is 1. The van der Waals surface area contributed by atoms with Gasteiger partial charge in [0.15, 0.2) is 0 Å². The van der Waals surface area contributed by atoms with Crippen molar-refractivity contribution in [3.05, 3.63) is 24.3 Å². The molecular formula is C13H17N3O4S2. The highest BCUT2D eigenvalue weighted by Gasteiger charge is 2.25. The molecule has 0 aliphatic carbocycles. The zero-order valence-corrected chi connectivity index (χ0v) is 13.8. The van der Waals surface area contributed by atoms with Gasteiger partial charge in [-0.3, -0.25) is 4.79 Å². The van der Waals surface area contributed by atoms with E-state index in [0.717, 1.165) is 0 Å². The van der Waals surface area contributed by atoms with Crippen LogP contribution in [0.2, 0.25) is 0 Å². The van der Waals surface area contributed by atoms with E-state index in [2.05, 4.69) is 10.0 Å². The molecule has 9 heteroatoms. The van der Waals surface area contributed by atoms with Crippen LogP contribution in [-0.2, 0) is 14.8 Å². The highest BCUT2D eigenvalue weighted by molar-refractivity contribution is 7.98. The molecule has 0 bridgehead atoms. The van der Waals surface area contributed by atoms with E-state index in [0.29, 0.717) is 5.75 Å². The molecule has 0 spiro atoms. The second-order valence-electron chi connectivity index (χ2n) is 4.18. The van der Waals surface area contributed by atoms with Crippen LogP contribution in [0.25, 0.3) is 0 Å². The van der Waals surface area contributed by atoms with Gasteiger partial charge in [0.2, 0.25) is 15.9 Å². The van der Waals surface area contributed by atoms with Gasteiger partial charge in [-0.15, -0.1) is 0 Å². The summed E-state index contributed by atoms with van der Waals surface area (Å²) in [5.74, 6) is 0.256. The van der Waals surface area contributed by atoms with E-state index in [9.17, 15) is 13.2 Å². The minimum Gasteiger partial charge on any atom is -0.497 e. The molecule has 1 unspecified atom stereocenters. The molecule has 1 aromatic rings. The molecule has 1 amide bonds. The molecule has 22 heavy (non-hydrogen) atoms. The summed E-state index contributed by atoms with van der Waals surface area (Å²) in [6.07, 6.45) is 1.76. The number of nitrogens with one attached hydrogen (secondary N) is 2. The average molecular weight is 343 g/mol. The number of thioether (sulfide) groups is 1. The number of ether oxygens (including phenoxy) is 1. The SMILES string of the molecule is COc1ccc(S(=O)(=O)NC(CSC)C(=O)NCC#N)cc1. The second kappa shape index (κ2) is 8.63. The van der Waals surface area contributed by atoms with Crippen molar-refractivity contribution >= 4 is 27.7 Å². The first-order chi connectivity index (χ1) is 10.4. The Labute approximate surface area is 134 Å². The lowest BCUT2D eigenvalue weighted by Gasteiger charge is -2.17. The van der Waals surface area contributed by atoms with E-state index in [-0.39, 0.29) is 17.2 Å². The summed E-state index contributed by atoms with van der Waals surface area (Å²) >= 11 is 1.32. The molecule has 120 valence electrons. The van der Waals surface area contributed by atoms with Crippen molar-refractivity contribution in [1.29, 1.82) is 5.26 Å². The van der Waals surface area contributed by atoms with Gasteiger partial charge in [-0.2, -0.15) is 21.7 Å². The van der Waals surface area contributed by atoms with Gasteiger partial charge in [0, 0.05) is 5.75 Å². The Morgan fingerprint density at radius 2 is 2.05 bits per heavy atom. The number of nitrogens with zero attached hydrogens (tertiary/aromatic N) is 1. The highest BCUT2D eigenvalue weighted by atomic mass is 32.2. The van der Waals surface area contributed by atoms with Crippen LogP contribution in [0.5, 0.6) is 5.75 Å². The Morgan fingerprint density at radius 3 is 2.55 bits per heavy atom. The summed E-state index contributed by atoms with van der Waals surface area (Å²) in [5.41, 5.74) is 0. The van der Waals surface area contributed by atoms with Crippen LogP contribution in [0, 0.1) is 11.3 Å². The minimum absolute atomic E-state index is 0.0347. The van der Waals surface area contributed by atoms with E-state index in [1.54, 1.807) is 12.3 Å². The lowest BCUT2D eigenvalue weighted by atomic mass is 10.3. The fourth-order valence-corrected chi connectivity index (χ4v) is 3.46. The molecular weight excluding hydrogens is 326 g/mol. The van der Waals surface area contributed by atoms with Crippen LogP contribution in [-0.4, -0.2) is 46.0 Å². The van der Waals surface area contributed by atoms with Gasteiger partial charge in [0.05, 0.1) is 18.1 Å². The smallest absolute Gasteiger partial charge is 0.241 e. The summed E-state index contributed by atoms with van der Waals surface area (Å²) in [7, 11) is -2.36. The van der Waals surface area contributed by atoms with E-state index in [4.69, 9.17) is 10.00 Å². The van der Waals surface area contributed by atoms with Crippen LogP contribution in [0.15, 0.2) is 29.2 Å². The summed E-state index contributed by atoms with van der Waals surface area (Å²) in [5, 5.41) is 10.8. The molecule has 7 nitrogen and oxygen atoms in total. The molecule has 0 radical (unpaired) electrons. The summed E-state index contributed by atoms with van der Waals surface area (Å²) in [4.78, 5) is 11.9. The number of hydrogen-bond donors (Lipinski definition) is 2. The van der Waals surface area contributed by atoms with Crippen molar-refractivity contribution in [1.82, 2.24) is 10.0 Å². The first-order valence-electron chi connectivity index (χ1n) is 6.24. The molecule has 0 aliphatic heterocycles. The normalized spacial score (nSPS) is 12.2. The maximum absolute atomic E-state index is 12.3. The lowest BCUT2D eigenvalue weighted by molar-refractivity contribution is -0.121. The van der Waals surface area contributed by atoms with Crippen LogP contribution >= 0.6 is 11.8 Å². The molecule has 0 aromatic heterocycles. The van der Waals surface area contributed by atoms with Crippen LogP contribution < -0.4 is 14.8 Å². The van der Waals surface area contributed by atoms with E-state index in [1.807, 2.05) is 0 Å². The monoisotopic (exact) mass is 343 g/mol.